The lowest BCUT2D eigenvalue weighted by Crippen LogP contribution is -2.29. The van der Waals surface area contributed by atoms with Crippen LogP contribution in [0, 0.1) is 0 Å². The van der Waals surface area contributed by atoms with Crippen molar-refractivity contribution in [2.24, 2.45) is 0 Å². The van der Waals surface area contributed by atoms with Crippen molar-refractivity contribution in [3.8, 4) is 78.4 Å². The van der Waals surface area contributed by atoms with Crippen LogP contribution in [0.1, 0.15) is 86.5 Å². The molecule has 0 aliphatic heterocycles. The van der Waals surface area contributed by atoms with E-state index in [4.69, 9.17) is 9.97 Å². The van der Waals surface area contributed by atoms with Gasteiger partial charge in [-0.25, -0.2) is 9.97 Å². The summed E-state index contributed by atoms with van der Waals surface area (Å²) < 4.78 is 2.52. The maximum absolute atomic E-state index is 5.64. The molecule has 0 saturated heterocycles. The summed E-state index contributed by atoms with van der Waals surface area (Å²) >= 11 is 1.87. The Kier molecular flexibility index (Phi) is 8.96. The van der Waals surface area contributed by atoms with Crippen LogP contribution < -0.4 is 0 Å². The zero-order chi connectivity index (χ0) is 44.1. The molecule has 0 bridgehead atoms. The predicted molar refractivity (Wildman–Crippen MR) is 281 cm³/mol. The van der Waals surface area contributed by atoms with E-state index in [1.807, 2.05) is 11.3 Å². The molecular weight excluding hydrogens is 829 g/mol. The summed E-state index contributed by atoms with van der Waals surface area (Å²) in [6.45, 7) is 0. The zero-order valence-corrected chi connectivity index (χ0v) is 38.5. The van der Waals surface area contributed by atoms with Gasteiger partial charge in [0.1, 0.15) is 0 Å². The second-order valence-electron chi connectivity index (χ2n) is 19.7. The highest BCUT2D eigenvalue weighted by atomic mass is 32.1. The maximum atomic E-state index is 5.64. The topological polar surface area (TPSA) is 25.8 Å². The van der Waals surface area contributed by atoms with E-state index in [0.29, 0.717) is 0 Å². The Morgan fingerprint density at radius 1 is 0.313 bits per heavy atom. The number of rotatable bonds is 5. The molecule has 0 N–H and O–H groups in total. The van der Waals surface area contributed by atoms with Crippen LogP contribution in [-0.4, -0.2) is 9.97 Å². The van der Waals surface area contributed by atoms with Gasteiger partial charge >= 0.3 is 0 Å². The molecule has 4 aliphatic carbocycles. The lowest BCUT2D eigenvalue weighted by Gasteiger charge is -2.37. The highest BCUT2D eigenvalue weighted by Crippen LogP contribution is 2.62. The van der Waals surface area contributed by atoms with Crippen molar-refractivity contribution in [2.75, 3.05) is 0 Å². The first-order valence-electron chi connectivity index (χ1n) is 24.7. The van der Waals surface area contributed by atoms with Crippen LogP contribution in [0.25, 0.3) is 98.6 Å². The van der Waals surface area contributed by atoms with E-state index in [0.717, 1.165) is 45.0 Å². The molecule has 0 radical (unpaired) electrons. The molecule has 2 fully saturated rings. The van der Waals surface area contributed by atoms with Gasteiger partial charge < -0.3 is 0 Å². The third-order valence-corrected chi connectivity index (χ3v) is 17.5. The summed E-state index contributed by atoms with van der Waals surface area (Å²) in [6.07, 6.45) is 12.9. The molecule has 322 valence electrons. The zero-order valence-electron chi connectivity index (χ0n) is 37.7. The number of fused-ring (bicyclic) bond motifs is 13. The molecule has 2 heterocycles. The van der Waals surface area contributed by atoms with Crippen molar-refractivity contribution in [1.82, 2.24) is 9.97 Å². The average Bonchev–Trinajstić information content (AvgIpc) is 4.00. The van der Waals surface area contributed by atoms with E-state index in [1.165, 1.54) is 118 Å². The molecule has 10 aromatic rings. The molecule has 0 amide bonds. The van der Waals surface area contributed by atoms with Gasteiger partial charge in [0.05, 0.1) is 22.8 Å². The summed E-state index contributed by atoms with van der Waals surface area (Å²) in [5, 5.41) is 2.55. The molecule has 14 rings (SSSR count). The minimum Gasteiger partial charge on any atom is -0.243 e. The maximum Gasteiger partial charge on any atom is 0.0987 e. The number of thiophene rings is 1. The van der Waals surface area contributed by atoms with Crippen LogP contribution in [0.4, 0.5) is 0 Å². The molecule has 4 aliphatic rings. The first-order valence-corrected chi connectivity index (χ1v) is 25.5. The molecular formula is C64H50N2S. The normalized spacial score (nSPS) is 16.3. The number of aromatic nitrogens is 2. The number of benzene rings is 8. The quantitative estimate of drug-likeness (QED) is 0.172. The number of hydrogen-bond donors (Lipinski definition) is 0. The monoisotopic (exact) mass is 878 g/mol. The van der Waals surface area contributed by atoms with Crippen molar-refractivity contribution in [3.63, 3.8) is 0 Å². The smallest absolute Gasteiger partial charge is 0.0987 e. The average molecular weight is 879 g/mol. The molecule has 3 heteroatoms. The van der Waals surface area contributed by atoms with Crippen molar-refractivity contribution in [3.05, 3.63) is 204 Å². The summed E-state index contributed by atoms with van der Waals surface area (Å²) in [4.78, 5) is 11.2. The molecule has 2 saturated carbocycles. The number of hydrogen-bond acceptors (Lipinski definition) is 3. The molecule has 0 atom stereocenters. The summed E-state index contributed by atoms with van der Waals surface area (Å²) in [7, 11) is 0. The van der Waals surface area contributed by atoms with Gasteiger partial charge in [-0.3, -0.25) is 0 Å². The highest BCUT2D eigenvalue weighted by molar-refractivity contribution is 7.26. The third-order valence-electron chi connectivity index (χ3n) is 16.3. The third kappa shape index (κ3) is 5.93. The van der Waals surface area contributed by atoms with E-state index >= 15 is 0 Å². The minimum absolute atomic E-state index is 0.0610. The second kappa shape index (κ2) is 15.3. The van der Waals surface area contributed by atoms with Crippen LogP contribution >= 0.6 is 11.3 Å². The predicted octanol–water partition coefficient (Wildman–Crippen LogP) is 17.6. The fraction of sp³-hybridized carbons (Fsp3) is 0.188. The van der Waals surface area contributed by atoms with Gasteiger partial charge in [0.25, 0.3) is 0 Å². The second-order valence-corrected chi connectivity index (χ2v) is 20.8. The van der Waals surface area contributed by atoms with Gasteiger partial charge in [0.15, 0.2) is 0 Å². The van der Waals surface area contributed by atoms with Crippen molar-refractivity contribution in [1.29, 1.82) is 0 Å². The van der Waals surface area contributed by atoms with Gasteiger partial charge in [-0.15, -0.1) is 11.3 Å². The lowest BCUT2D eigenvalue weighted by molar-refractivity contribution is 0.350. The fourth-order valence-electron chi connectivity index (χ4n) is 13.2. The number of nitrogens with zero attached hydrogens (tertiary/aromatic N) is 2. The Balaban J connectivity index is 0.914. The molecule has 8 aromatic carbocycles. The first kappa shape index (κ1) is 39.2. The van der Waals surface area contributed by atoms with Crippen LogP contribution in [-0.2, 0) is 10.8 Å². The summed E-state index contributed by atoms with van der Waals surface area (Å²) in [5.74, 6) is 0. The largest absolute Gasteiger partial charge is 0.243 e. The Morgan fingerprint density at radius 3 is 1.42 bits per heavy atom. The summed E-state index contributed by atoms with van der Waals surface area (Å²) in [5.41, 5.74) is 23.0. The Morgan fingerprint density at radius 2 is 0.791 bits per heavy atom. The van der Waals surface area contributed by atoms with Crippen molar-refractivity contribution < 1.29 is 0 Å². The Bertz CT molecular complexity index is 3570. The van der Waals surface area contributed by atoms with Crippen molar-refractivity contribution >= 4 is 31.5 Å². The van der Waals surface area contributed by atoms with E-state index < -0.39 is 0 Å². The molecule has 2 aromatic heterocycles. The van der Waals surface area contributed by atoms with Gasteiger partial charge in [-0.05, 0) is 112 Å². The highest BCUT2D eigenvalue weighted by Gasteiger charge is 2.49. The van der Waals surface area contributed by atoms with Gasteiger partial charge in [-0.2, -0.15) is 0 Å². The van der Waals surface area contributed by atoms with Crippen LogP contribution in [0.2, 0.25) is 0 Å². The Labute approximate surface area is 397 Å². The molecule has 67 heavy (non-hydrogen) atoms. The van der Waals surface area contributed by atoms with E-state index in [1.54, 1.807) is 22.3 Å². The van der Waals surface area contributed by atoms with E-state index in [9.17, 15) is 0 Å². The standard InChI is InChI=1S/C64H50N2S/c1-6-19-41(20-7-1)58-59(42-21-8-2-9-22-42)66-61(60(65-58)43-23-10-3-11-24-43)49-27-18-26-48-52-37-44(30-32-57(52)67-62(48)49)45-29-31-47-51-40-55-50(39-56(51)64(54(47)38-45)35-16-5-17-36-64)46-25-12-13-28-53(46)63(55)33-14-4-15-34-63/h1-3,6-13,18-32,37-40H,4-5,14-17,33-36H2. The van der Waals surface area contributed by atoms with Crippen LogP contribution in [0.5, 0.6) is 0 Å². The van der Waals surface area contributed by atoms with Gasteiger partial charge in [0.2, 0.25) is 0 Å². The molecule has 0 unspecified atom stereocenters. The van der Waals surface area contributed by atoms with Crippen LogP contribution in [0.15, 0.2) is 182 Å². The first-order chi connectivity index (χ1) is 33.2. The minimum atomic E-state index is 0.0610. The molecule has 2 nitrogen and oxygen atoms in total. The van der Waals surface area contributed by atoms with Crippen molar-refractivity contribution in [2.45, 2.75) is 75.0 Å². The van der Waals surface area contributed by atoms with Gasteiger partial charge in [0, 0.05) is 53.3 Å². The van der Waals surface area contributed by atoms with E-state index in [-0.39, 0.29) is 10.8 Å². The summed E-state index contributed by atoms with van der Waals surface area (Å²) in [6, 6.07) is 68.0. The SMILES string of the molecule is c1ccc(-c2nc(-c3ccccc3)c(-c3cccc4c3sc3ccc(-c5ccc6c(c5)C5(CCCCC5)c5cc7c(cc5-6)C5(CCCCC5)c5ccccc5-7)cc34)nc2-c2ccccc2)cc1. The van der Waals surface area contributed by atoms with Gasteiger partial charge in [-0.1, -0.05) is 190 Å². The van der Waals surface area contributed by atoms with Crippen LogP contribution in [0.3, 0.4) is 0 Å². The van der Waals surface area contributed by atoms with E-state index in [2.05, 4.69) is 182 Å². The Hall–Kier alpha value is -6.94. The lowest BCUT2D eigenvalue weighted by atomic mass is 9.66. The fourth-order valence-corrected chi connectivity index (χ4v) is 14.4. The molecule has 2 spiro atoms.